The molecule has 3 nitrogen and oxygen atoms in total. The molecule has 1 N–H and O–H groups in total. The molecular weight excluding hydrogens is 174 g/mol. The summed E-state index contributed by atoms with van der Waals surface area (Å²) in [7, 11) is 0. The molecule has 0 aliphatic heterocycles. The van der Waals surface area contributed by atoms with Crippen LogP contribution in [0.25, 0.3) is 16.9 Å². The molecule has 0 atom stereocenters. The molecule has 0 saturated heterocycles. The SMILES string of the molecule is c1ccn2c(-c3ccn[nH]3)ccc2c1. The molecule has 0 spiro atoms. The highest BCUT2D eigenvalue weighted by Crippen LogP contribution is 2.19. The van der Waals surface area contributed by atoms with E-state index in [4.69, 9.17) is 0 Å². The van der Waals surface area contributed by atoms with Crippen LogP contribution in [0.1, 0.15) is 0 Å². The van der Waals surface area contributed by atoms with Crippen molar-refractivity contribution in [2.45, 2.75) is 0 Å². The van der Waals surface area contributed by atoms with E-state index in [2.05, 4.69) is 32.8 Å². The predicted molar refractivity (Wildman–Crippen MR) is 55.0 cm³/mol. The molecule has 3 heteroatoms. The predicted octanol–water partition coefficient (Wildman–Crippen LogP) is 2.33. The van der Waals surface area contributed by atoms with Crippen molar-refractivity contribution in [3.63, 3.8) is 0 Å². The van der Waals surface area contributed by atoms with Gasteiger partial charge in [0.1, 0.15) is 0 Å². The minimum absolute atomic E-state index is 1.04. The first-order valence-electron chi connectivity index (χ1n) is 4.51. The van der Waals surface area contributed by atoms with Gasteiger partial charge in [0.2, 0.25) is 0 Å². The number of nitrogens with zero attached hydrogens (tertiary/aromatic N) is 2. The van der Waals surface area contributed by atoms with Crippen LogP contribution in [0.3, 0.4) is 0 Å². The van der Waals surface area contributed by atoms with Gasteiger partial charge in [-0.1, -0.05) is 6.07 Å². The van der Waals surface area contributed by atoms with Crippen LogP contribution in [-0.2, 0) is 0 Å². The van der Waals surface area contributed by atoms with Crippen LogP contribution in [-0.4, -0.2) is 14.6 Å². The van der Waals surface area contributed by atoms with Gasteiger partial charge >= 0.3 is 0 Å². The number of aromatic amines is 1. The number of hydrogen-bond donors (Lipinski definition) is 1. The number of aromatic nitrogens is 3. The summed E-state index contributed by atoms with van der Waals surface area (Å²) < 4.78 is 2.13. The summed E-state index contributed by atoms with van der Waals surface area (Å²) >= 11 is 0. The summed E-state index contributed by atoms with van der Waals surface area (Å²) in [6.07, 6.45) is 3.81. The fraction of sp³-hybridized carbons (Fsp3) is 0. The smallest absolute Gasteiger partial charge is 0.0818 e. The highest BCUT2D eigenvalue weighted by molar-refractivity contribution is 5.64. The first-order valence-corrected chi connectivity index (χ1v) is 4.51. The molecule has 0 aliphatic carbocycles. The first kappa shape index (κ1) is 7.38. The summed E-state index contributed by atoms with van der Waals surface area (Å²) in [5, 5.41) is 6.91. The van der Waals surface area contributed by atoms with Crippen molar-refractivity contribution in [2.75, 3.05) is 0 Å². The maximum absolute atomic E-state index is 3.95. The largest absolute Gasteiger partial charge is 0.315 e. The third kappa shape index (κ3) is 0.956. The number of pyridine rings is 1. The molecule has 0 aromatic carbocycles. The van der Waals surface area contributed by atoms with E-state index in [-0.39, 0.29) is 0 Å². The van der Waals surface area contributed by atoms with Crippen LogP contribution in [0.4, 0.5) is 0 Å². The topological polar surface area (TPSA) is 33.1 Å². The Morgan fingerprint density at radius 1 is 1.07 bits per heavy atom. The maximum atomic E-state index is 3.95. The van der Waals surface area contributed by atoms with Gasteiger partial charge < -0.3 is 4.40 Å². The lowest BCUT2D eigenvalue weighted by Gasteiger charge is -1.98. The average molecular weight is 183 g/mol. The number of hydrogen-bond acceptors (Lipinski definition) is 1. The van der Waals surface area contributed by atoms with Crippen molar-refractivity contribution in [1.82, 2.24) is 14.6 Å². The van der Waals surface area contributed by atoms with Crippen LogP contribution in [0, 0.1) is 0 Å². The average Bonchev–Trinajstić information content (AvgIpc) is 2.85. The van der Waals surface area contributed by atoms with E-state index in [1.165, 1.54) is 5.52 Å². The third-order valence-electron chi connectivity index (χ3n) is 2.34. The second kappa shape index (κ2) is 2.73. The molecule has 0 bridgehead atoms. The molecule has 3 aromatic rings. The summed E-state index contributed by atoms with van der Waals surface area (Å²) in [6, 6.07) is 12.3. The Kier molecular flexibility index (Phi) is 1.44. The van der Waals surface area contributed by atoms with Crippen LogP contribution in [0.15, 0.2) is 48.8 Å². The van der Waals surface area contributed by atoms with Crippen molar-refractivity contribution in [1.29, 1.82) is 0 Å². The van der Waals surface area contributed by atoms with Gasteiger partial charge in [0.05, 0.1) is 11.4 Å². The Hall–Kier alpha value is -2.03. The number of fused-ring (bicyclic) bond motifs is 1. The zero-order valence-electron chi connectivity index (χ0n) is 7.51. The normalized spacial score (nSPS) is 10.9. The standard InChI is InChI=1S/C11H9N3/c1-2-8-14-9(3-1)4-5-11(14)10-6-7-12-13-10/h1-8H,(H,12,13). The Morgan fingerprint density at radius 2 is 2.07 bits per heavy atom. The Morgan fingerprint density at radius 3 is 2.93 bits per heavy atom. The van der Waals surface area contributed by atoms with Crippen molar-refractivity contribution in [2.24, 2.45) is 0 Å². The van der Waals surface area contributed by atoms with E-state index in [0.717, 1.165) is 11.4 Å². The zero-order chi connectivity index (χ0) is 9.38. The maximum Gasteiger partial charge on any atom is 0.0818 e. The summed E-state index contributed by atoms with van der Waals surface area (Å²) in [4.78, 5) is 0. The fourth-order valence-corrected chi connectivity index (χ4v) is 1.67. The minimum Gasteiger partial charge on any atom is -0.315 e. The molecular formula is C11H9N3. The van der Waals surface area contributed by atoms with E-state index in [1.807, 2.05) is 24.4 Å². The second-order valence-electron chi connectivity index (χ2n) is 3.18. The summed E-state index contributed by atoms with van der Waals surface area (Å²) in [6.45, 7) is 0. The molecule has 0 unspecified atom stereocenters. The molecule has 68 valence electrons. The quantitative estimate of drug-likeness (QED) is 0.617. The molecule has 0 radical (unpaired) electrons. The van der Waals surface area contributed by atoms with Gasteiger partial charge in [0.15, 0.2) is 0 Å². The molecule has 0 fully saturated rings. The molecule has 0 aliphatic rings. The Labute approximate surface area is 81.0 Å². The van der Waals surface area contributed by atoms with E-state index in [1.54, 1.807) is 6.20 Å². The minimum atomic E-state index is 1.04. The van der Waals surface area contributed by atoms with E-state index >= 15 is 0 Å². The van der Waals surface area contributed by atoms with Gasteiger partial charge in [0, 0.05) is 17.9 Å². The van der Waals surface area contributed by atoms with Crippen LogP contribution in [0.5, 0.6) is 0 Å². The zero-order valence-corrected chi connectivity index (χ0v) is 7.51. The first-order chi connectivity index (χ1) is 6.95. The fourth-order valence-electron chi connectivity index (χ4n) is 1.67. The third-order valence-corrected chi connectivity index (χ3v) is 2.34. The molecule has 3 rings (SSSR count). The Bertz CT molecular complexity index is 549. The highest BCUT2D eigenvalue weighted by Gasteiger charge is 2.03. The van der Waals surface area contributed by atoms with Crippen molar-refractivity contribution in [3.8, 4) is 11.4 Å². The molecule has 3 heterocycles. The van der Waals surface area contributed by atoms with E-state index in [9.17, 15) is 0 Å². The van der Waals surface area contributed by atoms with Gasteiger partial charge in [-0.15, -0.1) is 0 Å². The van der Waals surface area contributed by atoms with Gasteiger partial charge in [0.25, 0.3) is 0 Å². The number of nitrogens with one attached hydrogen (secondary N) is 1. The van der Waals surface area contributed by atoms with Gasteiger partial charge in [-0.25, -0.2) is 0 Å². The van der Waals surface area contributed by atoms with E-state index in [0.29, 0.717) is 0 Å². The van der Waals surface area contributed by atoms with Crippen LogP contribution >= 0.6 is 0 Å². The van der Waals surface area contributed by atoms with Crippen LogP contribution < -0.4 is 0 Å². The Balaban J connectivity index is 2.33. The van der Waals surface area contributed by atoms with Gasteiger partial charge in [-0.05, 0) is 30.3 Å². The second-order valence-corrected chi connectivity index (χ2v) is 3.18. The lowest BCUT2D eigenvalue weighted by atomic mass is 10.3. The molecule has 14 heavy (non-hydrogen) atoms. The monoisotopic (exact) mass is 183 g/mol. The molecule has 0 saturated carbocycles. The lowest BCUT2D eigenvalue weighted by molar-refractivity contribution is 1.08. The van der Waals surface area contributed by atoms with Gasteiger partial charge in [-0.2, -0.15) is 5.10 Å². The highest BCUT2D eigenvalue weighted by atomic mass is 15.1. The van der Waals surface area contributed by atoms with Gasteiger partial charge in [-0.3, -0.25) is 5.10 Å². The van der Waals surface area contributed by atoms with Crippen molar-refractivity contribution in [3.05, 3.63) is 48.8 Å². The van der Waals surface area contributed by atoms with E-state index < -0.39 is 0 Å². The van der Waals surface area contributed by atoms with Crippen LogP contribution in [0.2, 0.25) is 0 Å². The van der Waals surface area contributed by atoms with Crippen molar-refractivity contribution < 1.29 is 0 Å². The molecule has 0 amide bonds. The number of rotatable bonds is 1. The summed E-state index contributed by atoms with van der Waals surface area (Å²) in [5.74, 6) is 0. The number of H-pyrrole nitrogens is 1. The lowest BCUT2D eigenvalue weighted by Crippen LogP contribution is -1.86. The van der Waals surface area contributed by atoms with Crippen molar-refractivity contribution >= 4 is 5.52 Å². The summed E-state index contributed by atoms with van der Waals surface area (Å²) in [5.41, 5.74) is 3.37. The molecule has 3 aromatic heterocycles.